The van der Waals surface area contributed by atoms with Crippen molar-refractivity contribution in [2.45, 2.75) is 51.4 Å². The molecular weight excluding hydrogens is 356 g/mol. The maximum atomic E-state index is 12.7. The average molecular weight is 389 g/mol. The number of piperazine rings is 1. The van der Waals surface area contributed by atoms with Gasteiger partial charge in [-0.05, 0) is 31.9 Å². The molecule has 1 aliphatic heterocycles. The molecule has 0 spiro atoms. The van der Waals surface area contributed by atoms with Gasteiger partial charge in [0.2, 0.25) is 0 Å². The normalized spacial score (nSPS) is 25.4. The largest absolute Gasteiger partial charge is 0.480 e. The topological polar surface area (TPSA) is 76.1 Å². The first kappa shape index (κ1) is 20.6. The molecule has 2 aliphatic rings. The van der Waals surface area contributed by atoms with E-state index in [0.29, 0.717) is 0 Å². The van der Waals surface area contributed by atoms with E-state index >= 15 is 0 Å². The van der Waals surface area contributed by atoms with E-state index in [-0.39, 0.29) is 30.7 Å². The highest BCUT2D eigenvalue weighted by Gasteiger charge is 2.36. The van der Waals surface area contributed by atoms with Crippen LogP contribution in [-0.2, 0) is 11.3 Å². The molecule has 1 aromatic carbocycles. The maximum Gasteiger partial charge on any atom is 0.317 e. The summed E-state index contributed by atoms with van der Waals surface area (Å²) in [4.78, 5) is 29.9. The zero-order valence-electron chi connectivity index (χ0n) is 16.9. The van der Waals surface area contributed by atoms with E-state index < -0.39 is 5.97 Å². The molecule has 3 rings (SSSR count). The lowest BCUT2D eigenvalue weighted by molar-refractivity contribution is -0.139. The summed E-state index contributed by atoms with van der Waals surface area (Å²) in [6.45, 7) is 8.27. The third kappa shape index (κ3) is 5.23. The SMILES string of the molecule is CCN(CC(=O)O)C1CC(NC(=O)N2CCN(Cc3ccccc3)C[C@H]2C)C1. The quantitative estimate of drug-likeness (QED) is 0.745. The van der Waals surface area contributed by atoms with E-state index in [1.165, 1.54) is 5.56 Å². The van der Waals surface area contributed by atoms with Gasteiger partial charge in [-0.25, -0.2) is 4.79 Å². The number of urea groups is 1. The minimum absolute atomic E-state index is 0.0107. The van der Waals surface area contributed by atoms with Gasteiger partial charge in [0.1, 0.15) is 0 Å². The van der Waals surface area contributed by atoms with E-state index in [2.05, 4.69) is 41.4 Å². The number of aliphatic carboxylic acids is 1. The van der Waals surface area contributed by atoms with Gasteiger partial charge < -0.3 is 15.3 Å². The molecule has 7 nitrogen and oxygen atoms in total. The summed E-state index contributed by atoms with van der Waals surface area (Å²) in [6.07, 6.45) is 1.66. The predicted molar refractivity (Wildman–Crippen MR) is 108 cm³/mol. The summed E-state index contributed by atoms with van der Waals surface area (Å²) in [5, 5.41) is 12.1. The first-order chi connectivity index (χ1) is 13.5. The Morgan fingerprint density at radius 1 is 1.21 bits per heavy atom. The molecule has 2 fully saturated rings. The van der Waals surface area contributed by atoms with Crippen molar-refractivity contribution in [3.8, 4) is 0 Å². The number of hydrogen-bond acceptors (Lipinski definition) is 4. The Morgan fingerprint density at radius 2 is 1.93 bits per heavy atom. The standard InChI is InChI=1S/C21H32N4O3/c1-3-24(15-20(26)27)19-11-18(12-19)22-21(28)25-10-9-23(13-16(25)2)14-17-7-5-4-6-8-17/h4-8,16,18-19H,3,9-15H2,1-2H3,(H,22,28)(H,26,27)/t16-,18?,19?/m1/s1. The Balaban J connectivity index is 1.42. The van der Waals surface area contributed by atoms with Gasteiger partial charge in [-0.2, -0.15) is 0 Å². The number of carbonyl (C=O) groups excluding carboxylic acids is 1. The van der Waals surface area contributed by atoms with E-state index in [0.717, 1.165) is 45.6 Å². The Kier molecular flexibility index (Phi) is 6.91. The number of nitrogens with one attached hydrogen (secondary N) is 1. The van der Waals surface area contributed by atoms with Crippen LogP contribution in [0.4, 0.5) is 4.79 Å². The molecule has 1 atom stereocenters. The molecule has 1 saturated heterocycles. The van der Waals surface area contributed by atoms with Gasteiger partial charge in [-0.15, -0.1) is 0 Å². The van der Waals surface area contributed by atoms with E-state index in [4.69, 9.17) is 5.11 Å². The lowest BCUT2D eigenvalue weighted by Gasteiger charge is -2.44. The number of hydrogen-bond donors (Lipinski definition) is 2. The van der Waals surface area contributed by atoms with Crippen molar-refractivity contribution in [1.82, 2.24) is 20.0 Å². The molecule has 7 heteroatoms. The van der Waals surface area contributed by atoms with Crippen LogP contribution < -0.4 is 5.32 Å². The fourth-order valence-electron chi connectivity index (χ4n) is 4.25. The summed E-state index contributed by atoms with van der Waals surface area (Å²) >= 11 is 0. The molecule has 2 N–H and O–H groups in total. The lowest BCUT2D eigenvalue weighted by atomic mass is 9.85. The van der Waals surface area contributed by atoms with Crippen LogP contribution in [0.2, 0.25) is 0 Å². The van der Waals surface area contributed by atoms with E-state index in [9.17, 15) is 9.59 Å². The zero-order valence-corrected chi connectivity index (χ0v) is 16.9. The summed E-state index contributed by atoms with van der Waals surface area (Å²) in [7, 11) is 0. The summed E-state index contributed by atoms with van der Waals surface area (Å²) in [5.41, 5.74) is 1.30. The highest BCUT2D eigenvalue weighted by Crippen LogP contribution is 2.26. The number of likely N-dealkylation sites (N-methyl/N-ethyl adjacent to an activating group) is 1. The number of carbonyl (C=O) groups is 2. The molecule has 1 heterocycles. The molecule has 0 bridgehead atoms. The fraction of sp³-hybridized carbons (Fsp3) is 0.619. The second kappa shape index (κ2) is 9.39. The smallest absolute Gasteiger partial charge is 0.317 e. The maximum absolute atomic E-state index is 12.7. The van der Waals surface area contributed by atoms with Crippen LogP contribution in [0.25, 0.3) is 0 Å². The van der Waals surface area contributed by atoms with Crippen molar-refractivity contribution in [2.75, 3.05) is 32.7 Å². The van der Waals surface area contributed by atoms with Gasteiger partial charge in [-0.3, -0.25) is 14.6 Å². The fourth-order valence-corrected chi connectivity index (χ4v) is 4.25. The second-order valence-corrected chi connectivity index (χ2v) is 7.99. The highest BCUT2D eigenvalue weighted by molar-refractivity contribution is 5.75. The third-order valence-electron chi connectivity index (χ3n) is 5.92. The first-order valence-corrected chi connectivity index (χ1v) is 10.3. The summed E-state index contributed by atoms with van der Waals surface area (Å²) in [6, 6.07) is 11.0. The number of rotatable bonds is 7. The van der Waals surface area contributed by atoms with Crippen LogP contribution >= 0.6 is 0 Å². The van der Waals surface area contributed by atoms with Crippen LogP contribution in [-0.4, -0.2) is 82.7 Å². The molecule has 1 aliphatic carbocycles. The Labute approximate surface area is 167 Å². The number of benzene rings is 1. The number of nitrogens with zero attached hydrogens (tertiary/aromatic N) is 3. The monoisotopic (exact) mass is 388 g/mol. The average Bonchev–Trinajstić information content (AvgIpc) is 2.63. The lowest BCUT2D eigenvalue weighted by Crippen LogP contribution is -2.60. The summed E-state index contributed by atoms with van der Waals surface area (Å²) in [5.74, 6) is -0.795. The van der Waals surface area contributed by atoms with E-state index in [1.54, 1.807) is 0 Å². The van der Waals surface area contributed by atoms with Gasteiger partial charge >= 0.3 is 12.0 Å². The minimum atomic E-state index is -0.795. The van der Waals surface area contributed by atoms with Crippen LogP contribution in [0.5, 0.6) is 0 Å². The zero-order chi connectivity index (χ0) is 20.1. The molecule has 2 amide bonds. The number of amides is 2. The molecule has 154 valence electrons. The van der Waals surface area contributed by atoms with Crippen molar-refractivity contribution in [1.29, 1.82) is 0 Å². The number of carboxylic acids is 1. The van der Waals surface area contributed by atoms with Gasteiger partial charge in [0, 0.05) is 44.3 Å². The third-order valence-corrected chi connectivity index (χ3v) is 5.92. The van der Waals surface area contributed by atoms with Crippen molar-refractivity contribution in [3.05, 3.63) is 35.9 Å². The molecule has 0 radical (unpaired) electrons. The van der Waals surface area contributed by atoms with Crippen LogP contribution in [0.3, 0.4) is 0 Å². The second-order valence-electron chi connectivity index (χ2n) is 7.99. The molecule has 1 aromatic rings. The van der Waals surface area contributed by atoms with Gasteiger partial charge in [0.25, 0.3) is 0 Å². The van der Waals surface area contributed by atoms with E-state index in [1.807, 2.05) is 22.8 Å². The first-order valence-electron chi connectivity index (χ1n) is 10.3. The Morgan fingerprint density at radius 3 is 2.54 bits per heavy atom. The van der Waals surface area contributed by atoms with Crippen LogP contribution in [0.15, 0.2) is 30.3 Å². The van der Waals surface area contributed by atoms with Crippen molar-refractivity contribution in [2.24, 2.45) is 0 Å². The van der Waals surface area contributed by atoms with Gasteiger partial charge in [0.05, 0.1) is 6.54 Å². The molecular formula is C21H32N4O3. The van der Waals surface area contributed by atoms with Crippen molar-refractivity contribution >= 4 is 12.0 Å². The molecule has 28 heavy (non-hydrogen) atoms. The summed E-state index contributed by atoms with van der Waals surface area (Å²) < 4.78 is 0. The predicted octanol–water partition coefficient (Wildman–Crippen LogP) is 1.84. The molecule has 1 saturated carbocycles. The Bertz CT molecular complexity index is 663. The van der Waals surface area contributed by atoms with Crippen LogP contribution in [0.1, 0.15) is 32.3 Å². The van der Waals surface area contributed by atoms with Crippen molar-refractivity contribution < 1.29 is 14.7 Å². The molecule has 0 aromatic heterocycles. The Hall–Kier alpha value is -2.12. The molecule has 0 unspecified atom stereocenters. The van der Waals surface area contributed by atoms with Gasteiger partial charge in [-0.1, -0.05) is 37.3 Å². The number of carboxylic acid groups (broad SMARTS) is 1. The van der Waals surface area contributed by atoms with Crippen molar-refractivity contribution in [3.63, 3.8) is 0 Å². The highest BCUT2D eigenvalue weighted by atomic mass is 16.4. The van der Waals surface area contributed by atoms with Gasteiger partial charge in [0.15, 0.2) is 0 Å². The minimum Gasteiger partial charge on any atom is -0.480 e. The van der Waals surface area contributed by atoms with Crippen LogP contribution in [0, 0.1) is 0 Å².